The van der Waals surface area contributed by atoms with Crippen molar-refractivity contribution >= 4 is 5.69 Å². The molecule has 0 aliphatic carbocycles. The Balaban J connectivity index is 2.52. The average Bonchev–Trinajstić information content (AvgIpc) is 2.62. The Bertz CT molecular complexity index is 314. The van der Waals surface area contributed by atoms with Gasteiger partial charge in [0.15, 0.2) is 0 Å². The molecule has 0 saturated carbocycles. The maximum atomic E-state index is 5.05. The summed E-state index contributed by atoms with van der Waals surface area (Å²) in [5, 5.41) is 7.75. The van der Waals surface area contributed by atoms with Gasteiger partial charge in [-0.25, -0.2) is 0 Å². The Labute approximate surface area is 98.0 Å². The first-order valence-electron chi connectivity index (χ1n) is 5.74. The second-order valence-electron chi connectivity index (χ2n) is 5.17. The minimum Gasteiger partial charge on any atom is -0.385 e. The number of hydrogen-bond donors (Lipinski definition) is 1. The first kappa shape index (κ1) is 13.0. The van der Waals surface area contributed by atoms with Crippen LogP contribution in [0.3, 0.4) is 0 Å². The summed E-state index contributed by atoms with van der Waals surface area (Å²) < 4.78 is 7.02. The van der Waals surface area contributed by atoms with Crippen molar-refractivity contribution in [3.05, 3.63) is 12.4 Å². The summed E-state index contributed by atoms with van der Waals surface area (Å²) in [4.78, 5) is 0. The van der Waals surface area contributed by atoms with Crippen molar-refractivity contribution in [2.75, 3.05) is 19.0 Å². The molecule has 1 aromatic heterocycles. The molecule has 0 spiro atoms. The van der Waals surface area contributed by atoms with Crippen LogP contribution in [0.25, 0.3) is 0 Å². The summed E-state index contributed by atoms with van der Waals surface area (Å²) in [5.41, 5.74) is 1.11. The first-order chi connectivity index (χ1) is 7.43. The van der Waals surface area contributed by atoms with Gasteiger partial charge in [-0.1, -0.05) is 0 Å². The quantitative estimate of drug-likeness (QED) is 0.836. The smallest absolute Gasteiger partial charge is 0.0728 e. The zero-order chi connectivity index (χ0) is 12.2. The fourth-order valence-electron chi connectivity index (χ4n) is 1.42. The number of methoxy groups -OCH3 is 1. The van der Waals surface area contributed by atoms with Crippen molar-refractivity contribution in [2.24, 2.45) is 0 Å². The number of nitrogens with zero attached hydrogens (tertiary/aromatic N) is 2. The SMILES string of the molecule is COCCC(C)Nc1cnn(C(C)(C)C)c1. The molecule has 0 saturated heterocycles. The van der Waals surface area contributed by atoms with Crippen LogP contribution in [-0.2, 0) is 10.3 Å². The largest absolute Gasteiger partial charge is 0.385 e. The van der Waals surface area contributed by atoms with Crippen molar-refractivity contribution in [2.45, 2.75) is 45.7 Å². The lowest BCUT2D eigenvalue weighted by Gasteiger charge is -2.19. The van der Waals surface area contributed by atoms with E-state index in [1.165, 1.54) is 0 Å². The van der Waals surface area contributed by atoms with Gasteiger partial charge in [-0.3, -0.25) is 4.68 Å². The number of anilines is 1. The van der Waals surface area contributed by atoms with Crippen LogP contribution in [0.5, 0.6) is 0 Å². The van der Waals surface area contributed by atoms with Crippen LogP contribution >= 0.6 is 0 Å². The van der Waals surface area contributed by atoms with Crippen molar-refractivity contribution in [3.63, 3.8) is 0 Å². The van der Waals surface area contributed by atoms with Crippen LogP contribution in [0.2, 0.25) is 0 Å². The molecule has 1 atom stereocenters. The zero-order valence-electron chi connectivity index (χ0n) is 10.9. The highest BCUT2D eigenvalue weighted by atomic mass is 16.5. The summed E-state index contributed by atoms with van der Waals surface area (Å²) in [5.74, 6) is 0. The predicted octanol–water partition coefficient (Wildman–Crippen LogP) is 2.48. The Hall–Kier alpha value is -1.03. The van der Waals surface area contributed by atoms with Crippen LogP contribution in [0.4, 0.5) is 5.69 Å². The van der Waals surface area contributed by atoms with Gasteiger partial charge in [0, 0.05) is 26.0 Å². The molecule has 1 heterocycles. The molecule has 0 radical (unpaired) electrons. The Morgan fingerprint density at radius 2 is 2.19 bits per heavy atom. The zero-order valence-corrected chi connectivity index (χ0v) is 10.9. The third-order valence-electron chi connectivity index (χ3n) is 2.44. The van der Waals surface area contributed by atoms with E-state index in [-0.39, 0.29) is 5.54 Å². The fourth-order valence-corrected chi connectivity index (χ4v) is 1.42. The van der Waals surface area contributed by atoms with Crippen LogP contribution in [0.15, 0.2) is 12.4 Å². The van der Waals surface area contributed by atoms with E-state index in [9.17, 15) is 0 Å². The second-order valence-corrected chi connectivity index (χ2v) is 5.17. The van der Waals surface area contributed by atoms with E-state index in [0.717, 1.165) is 18.7 Å². The van der Waals surface area contributed by atoms with Crippen molar-refractivity contribution in [1.82, 2.24) is 9.78 Å². The molecule has 4 heteroatoms. The van der Waals surface area contributed by atoms with Gasteiger partial charge in [0.05, 0.1) is 17.4 Å². The van der Waals surface area contributed by atoms with Crippen LogP contribution < -0.4 is 5.32 Å². The fraction of sp³-hybridized carbons (Fsp3) is 0.750. The molecular weight excluding hydrogens is 202 g/mol. The minimum atomic E-state index is 0.0374. The van der Waals surface area contributed by atoms with Gasteiger partial charge in [-0.05, 0) is 34.1 Å². The normalized spacial score (nSPS) is 13.8. The lowest BCUT2D eigenvalue weighted by molar-refractivity contribution is 0.191. The van der Waals surface area contributed by atoms with Gasteiger partial charge in [-0.2, -0.15) is 5.10 Å². The maximum absolute atomic E-state index is 5.05. The van der Waals surface area contributed by atoms with E-state index in [4.69, 9.17) is 4.74 Å². The molecule has 1 unspecified atom stereocenters. The summed E-state index contributed by atoms with van der Waals surface area (Å²) >= 11 is 0. The molecule has 0 bridgehead atoms. The third kappa shape index (κ3) is 3.85. The molecule has 1 aromatic rings. The van der Waals surface area contributed by atoms with E-state index in [1.54, 1.807) is 7.11 Å². The molecule has 16 heavy (non-hydrogen) atoms. The standard InChI is InChI=1S/C12H23N3O/c1-10(6-7-16-5)14-11-8-13-15(9-11)12(2,3)4/h8-10,14H,6-7H2,1-5H3. The molecule has 1 N–H and O–H groups in total. The monoisotopic (exact) mass is 225 g/mol. The summed E-state index contributed by atoms with van der Waals surface area (Å²) in [6.45, 7) is 9.34. The summed E-state index contributed by atoms with van der Waals surface area (Å²) in [6.07, 6.45) is 4.91. The molecule has 1 rings (SSSR count). The highest BCUT2D eigenvalue weighted by Crippen LogP contribution is 2.16. The summed E-state index contributed by atoms with van der Waals surface area (Å²) in [7, 11) is 1.73. The average molecular weight is 225 g/mol. The van der Waals surface area contributed by atoms with Gasteiger partial charge in [0.2, 0.25) is 0 Å². The van der Waals surface area contributed by atoms with Gasteiger partial charge in [0.25, 0.3) is 0 Å². The van der Waals surface area contributed by atoms with Gasteiger partial charge >= 0.3 is 0 Å². The van der Waals surface area contributed by atoms with Crippen molar-refractivity contribution < 1.29 is 4.74 Å². The highest BCUT2D eigenvalue weighted by molar-refractivity contribution is 5.39. The van der Waals surface area contributed by atoms with Crippen LogP contribution in [-0.4, -0.2) is 29.5 Å². The molecule has 4 nitrogen and oxygen atoms in total. The number of rotatable bonds is 5. The number of ether oxygens (including phenoxy) is 1. The van der Waals surface area contributed by atoms with E-state index >= 15 is 0 Å². The molecule has 0 aliphatic rings. The lowest BCUT2D eigenvalue weighted by Crippen LogP contribution is -2.22. The van der Waals surface area contributed by atoms with Crippen LogP contribution in [0, 0.1) is 0 Å². The second kappa shape index (κ2) is 5.34. The molecule has 0 aliphatic heterocycles. The number of aromatic nitrogens is 2. The first-order valence-corrected chi connectivity index (χ1v) is 5.74. The number of nitrogens with one attached hydrogen (secondary N) is 1. The number of hydrogen-bond acceptors (Lipinski definition) is 3. The molecule has 0 fully saturated rings. The molecule has 92 valence electrons. The van der Waals surface area contributed by atoms with Gasteiger partial charge < -0.3 is 10.1 Å². The third-order valence-corrected chi connectivity index (χ3v) is 2.44. The van der Waals surface area contributed by atoms with E-state index in [2.05, 4.69) is 38.1 Å². The lowest BCUT2D eigenvalue weighted by atomic mass is 10.1. The van der Waals surface area contributed by atoms with E-state index < -0.39 is 0 Å². The Morgan fingerprint density at radius 3 is 2.69 bits per heavy atom. The minimum absolute atomic E-state index is 0.0374. The predicted molar refractivity (Wildman–Crippen MR) is 66.8 cm³/mol. The van der Waals surface area contributed by atoms with Crippen molar-refractivity contribution in [1.29, 1.82) is 0 Å². The van der Waals surface area contributed by atoms with Gasteiger partial charge in [-0.15, -0.1) is 0 Å². The molecular formula is C12H23N3O. The van der Waals surface area contributed by atoms with Crippen molar-refractivity contribution in [3.8, 4) is 0 Å². The Kier molecular flexibility index (Phi) is 4.35. The Morgan fingerprint density at radius 1 is 1.50 bits per heavy atom. The molecule has 0 amide bonds. The topological polar surface area (TPSA) is 39.1 Å². The van der Waals surface area contributed by atoms with Gasteiger partial charge in [0.1, 0.15) is 0 Å². The molecule has 0 aromatic carbocycles. The highest BCUT2D eigenvalue weighted by Gasteiger charge is 2.14. The maximum Gasteiger partial charge on any atom is 0.0728 e. The van der Waals surface area contributed by atoms with E-state index in [0.29, 0.717) is 6.04 Å². The van der Waals surface area contributed by atoms with Crippen LogP contribution in [0.1, 0.15) is 34.1 Å². The van der Waals surface area contributed by atoms with E-state index in [1.807, 2.05) is 17.1 Å². The summed E-state index contributed by atoms with van der Waals surface area (Å²) in [6, 6.07) is 0.401.